The standard InChI is InChI=1S/C22H35N5O4/c1-15(2)11-19(21(29)31-18-5-3-4-6-18)23-12-16-7-9-27(10-8-16)22-24-13-17(14-25-22)20(28)26-30/h13-16,18-19,23,30H,3-12H2,1-2H3,(H,26,28)/t19-/m0/s1. The van der Waals surface area contributed by atoms with E-state index >= 15 is 0 Å². The van der Waals surface area contributed by atoms with Crippen LogP contribution in [-0.2, 0) is 9.53 Å². The minimum absolute atomic E-state index is 0.0987. The van der Waals surface area contributed by atoms with Crippen LogP contribution in [0.5, 0.6) is 0 Å². The zero-order chi connectivity index (χ0) is 22.2. The molecule has 172 valence electrons. The first kappa shape index (κ1) is 23.4. The number of hydrogen-bond acceptors (Lipinski definition) is 8. The van der Waals surface area contributed by atoms with Crippen molar-refractivity contribution in [3.8, 4) is 0 Å². The van der Waals surface area contributed by atoms with Crippen LogP contribution in [0, 0.1) is 11.8 Å². The summed E-state index contributed by atoms with van der Waals surface area (Å²) < 4.78 is 5.75. The van der Waals surface area contributed by atoms with E-state index in [4.69, 9.17) is 9.94 Å². The molecule has 0 bridgehead atoms. The lowest BCUT2D eigenvalue weighted by molar-refractivity contribution is -0.151. The van der Waals surface area contributed by atoms with Gasteiger partial charge in [0.05, 0.1) is 5.56 Å². The number of hydrogen-bond donors (Lipinski definition) is 3. The number of rotatable bonds is 9. The Bertz CT molecular complexity index is 713. The second kappa shape index (κ2) is 11.4. The maximum Gasteiger partial charge on any atom is 0.323 e. The molecule has 3 N–H and O–H groups in total. The van der Waals surface area contributed by atoms with Crippen molar-refractivity contribution in [2.24, 2.45) is 11.8 Å². The number of carbonyl (C=O) groups is 2. The maximum atomic E-state index is 12.7. The summed E-state index contributed by atoms with van der Waals surface area (Å²) in [6.45, 7) is 6.69. The molecule has 0 aromatic carbocycles. The molecule has 1 aromatic rings. The Balaban J connectivity index is 1.46. The number of amides is 1. The third-order valence-electron chi connectivity index (χ3n) is 6.13. The lowest BCUT2D eigenvalue weighted by atomic mass is 9.96. The van der Waals surface area contributed by atoms with Gasteiger partial charge in [0.1, 0.15) is 12.1 Å². The fourth-order valence-corrected chi connectivity index (χ4v) is 4.30. The molecule has 1 saturated carbocycles. The molecule has 1 aliphatic heterocycles. The molecule has 9 nitrogen and oxygen atoms in total. The Labute approximate surface area is 183 Å². The van der Waals surface area contributed by atoms with E-state index in [2.05, 4.69) is 34.0 Å². The molecule has 1 amide bonds. The van der Waals surface area contributed by atoms with Gasteiger partial charge < -0.3 is 15.0 Å². The van der Waals surface area contributed by atoms with Crippen LogP contribution in [0.15, 0.2) is 12.4 Å². The number of carbonyl (C=O) groups excluding carboxylic acids is 2. The van der Waals surface area contributed by atoms with Gasteiger partial charge in [0, 0.05) is 25.5 Å². The molecule has 31 heavy (non-hydrogen) atoms. The lowest BCUT2D eigenvalue weighted by Crippen LogP contribution is -2.45. The molecule has 0 spiro atoms. The van der Waals surface area contributed by atoms with Crippen molar-refractivity contribution in [1.82, 2.24) is 20.8 Å². The summed E-state index contributed by atoms with van der Waals surface area (Å²) in [5, 5.41) is 12.2. The third kappa shape index (κ3) is 6.87. The van der Waals surface area contributed by atoms with Crippen LogP contribution < -0.4 is 15.7 Å². The molecule has 0 unspecified atom stereocenters. The van der Waals surface area contributed by atoms with Gasteiger partial charge in [-0.2, -0.15) is 0 Å². The van der Waals surface area contributed by atoms with Gasteiger partial charge in [0.25, 0.3) is 5.91 Å². The van der Waals surface area contributed by atoms with Gasteiger partial charge in [-0.05, 0) is 63.3 Å². The Kier molecular flexibility index (Phi) is 8.60. The van der Waals surface area contributed by atoms with Crippen LogP contribution in [0.2, 0.25) is 0 Å². The zero-order valence-electron chi connectivity index (χ0n) is 18.5. The summed E-state index contributed by atoms with van der Waals surface area (Å²) in [6.07, 6.45) is 9.94. The van der Waals surface area contributed by atoms with Crippen molar-refractivity contribution in [3.05, 3.63) is 18.0 Å². The first-order valence-electron chi connectivity index (χ1n) is 11.4. The van der Waals surface area contributed by atoms with Crippen molar-refractivity contribution >= 4 is 17.8 Å². The Morgan fingerprint density at radius 3 is 2.39 bits per heavy atom. The van der Waals surface area contributed by atoms with Crippen molar-refractivity contribution < 1.29 is 19.5 Å². The van der Waals surface area contributed by atoms with E-state index < -0.39 is 5.91 Å². The van der Waals surface area contributed by atoms with Crippen LogP contribution in [0.3, 0.4) is 0 Å². The largest absolute Gasteiger partial charge is 0.461 e. The van der Waals surface area contributed by atoms with Crippen LogP contribution in [-0.4, -0.2) is 58.8 Å². The molecular weight excluding hydrogens is 398 g/mol. The van der Waals surface area contributed by atoms with Gasteiger partial charge >= 0.3 is 5.97 Å². The number of ether oxygens (including phenoxy) is 1. The van der Waals surface area contributed by atoms with Crippen molar-refractivity contribution in [2.45, 2.75) is 70.9 Å². The minimum Gasteiger partial charge on any atom is -0.461 e. The van der Waals surface area contributed by atoms with E-state index in [1.165, 1.54) is 12.4 Å². The second-order valence-corrected chi connectivity index (χ2v) is 9.08. The summed E-state index contributed by atoms with van der Waals surface area (Å²) in [4.78, 5) is 34.7. The van der Waals surface area contributed by atoms with Gasteiger partial charge in [0.2, 0.25) is 5.95 Å². The van der Waals surface area contributed by atoms with Crippen LogP contribution >= 0.6 is 0 Å². The second-order valence-electron chi connectivity index (χ2n) is 9.08. The van der Waals surface area contributed by atoms with E-state index in [9.17, 15) is 9.59 Å². The predicted molar refractivity (Wildman–Crippen MR) is 116 cm³/mol. The van der Waals surface area contributed by atoms with Gasteiger partial charge in [-0.3, -0.25) is 14.8 Å². The minimum atomic E-state index is -0.626. The van der Waals surface area contributed by atoms with E-state index in [1.807, 2.05) is 0 Å². The Hall–Kier alpha value is -2.26. The van der Waals surface area contributed by atoms with Crippen molar-refractivity contribution in [3.63, 3.8) is 0 Å². The third-order valence-corrected chi connectivity index (χ3v) is 6.13. The molecule has 2 heterocycles. The van der Waals surface area contributed by atoms with E-state index in [0.717, 1.165) is 64.6 Å². The number of nitrogens with zero attached hydrogens (tertiary/aromatic N) is 3. The van der Waals surface area contributed by atoms with Crippen molar-refractivity contribution in [2.75, 3.05) is 24.5 Å². The molecule has 1 aromatic heterocycles. The van der Waals surface area contributed by atoms with Crippen molar-refractivity contribution in [1.29, 1.82) is 0 Å². The quantitative estimate of drug-likeness (QED) is 0.309. The molecule has 3 rings (SSSR count). The monoisotopic (exact) mass is 433 g/mol. The predicted octanol–water partition coefficient (Wildman–Crippen LogP) is 2.30. The fraction of sp³-hybridized carbons (Fsp3) is 0.727. The summed E-state index contributed by atoms with van der Waals surface area (Å²) in [6, 6.07) is -0.243. The van der Waals surface area contributed by atoms with Crippen LogP contribution in [0.1, 0.15) is 69.2 Å². The van der Waals surface area contributed by atoms with E-state index in [1.54, 1.807) is 5.48 Å². The smallest absolute Gasteiger partial charge is 0.323 e. The number of anilines is 1. The average molecular weight is 434 g/mol. The highest BCUT2D eigenvalue weighted by molar-refractivity contribution is 5.92. The zero-order valence-corrected chi connectivity index (χ0v) is 18.5. The number of aromatic nitrogens is 2. The van der Waals surface area contributed by atoms with Gasteiger partial charge in [-0.15, -0.1) is 0 Å². The molecule has 2 fully saturated rings. The summed E-state index contributed by atoms with van der Waals surface area (Å²) >= 11 is 0. The molecule has 1 aliphatic carbocycles. The maximum absolute atomic E-state index is 12.7. The van der Waals surface area contributed by atoms with Crippen LogP contribution in [0.4, 0.5) is 5.95 Å². The number of esters is 1. The number of hydroxylamine groups is 1. The highest BCUT2D eigenvalue weighted by Gasteiger charge is 2.28. The van der Waals surface area contributed by atoms with E-state index in [0.29, 0.717) is 17.8 Å². The lowest BCUT2D eigenvalue weighted by Gasteiger charge is -2.33. The van der Waals surface area contributed by atoms with Crippen LogP contribution in [0.25, 0.3) is 0 Å². The highest BCUT2D eigenvalue weighted by Crippen LogP contribution is 2.23. The first-order chi connectivity index (χ1) is 15.0. The topological polar surface area (TPSA) is 117 Å². The fourth-order valence-electron chi connectivity index (χ4n) is 4.30. The molecule has 1 saturated heterocycles. The van der Waals surface area contributed by atoms with Gasteiger partial charge in [-0.1, -0.05) is 13.8 Å². The van der Waals surface area contributed by atoms with Gasteiger partial charge in [-0.25, -0.2) is 15.4 Å². The average Bonchev–Trinajstić information content (AvgIpc) is 3.29. The molecule has 0 radical (unpaired) electrons. The van der Waals surface area contributed by atoms with E-state index in [-0.39, 0.29) is 23.7 Å². The summed E-state index contributed by atoms with van der Waals surface area (Å²) in [5.74, 6) is 0.754. The SMILES string of the molecule is CC(C)C[C@H](NCC1CCN(c2ncc(C(=O)NO)cn2)CC1)C(=O)OC1CCCC1. The number of piperidine rings is 1. The molecular formula is C22H35N5O4. The first-order valence-corrected chi connectivity index (χ1v) is 11.4. The Morgan fingerprint density at radius 1 is 1.16 bits per heavy atom. The van der Waals surface area contributed by atoms with Gasteiger partial charge in [0.15, 0.2) is 0 Å². The Morgan fingerprint density at radius 2 is 1.81 bits per heavy atom. The summed E-state index contributed by atoms with van der Waals surface area (Å²) in [7, 11) is 0. The molecule has 2 aliphatic rings. The highest BCUT2D eigenvalue weighted by atomic mass is 16.5. The summed E-state index contributed by atoms with van der Waals surface area (Å²) in [5.41, 5.74) is 1.79. The molecule has 1 atom stereocenters. The number of nitrogens with one attached hydrogen (secondary N) is 2. The normalized spacial score (nSPS) is 18.9. The molecule has 9 heteroatoms.